The second-order valence-electron chi connectivity index (χ2n) is 6.70. The number of para-hydroxylation sites is 1. The number of rotatable bonds is 2. The summed E-state index contributed by atoms with van der Waals surface area (Å²) < 4.78 is 0. The zero-order valence-corrected chi connectivity index (χ0v) is 12.6. The normalized spacial score (nSPS) is 17.6. The number of ketones is 1. The van der Waals surface area contributed by atoms with Gasteiger partial charge in [0.25, 0.3) is 0 Å². The number of piperidine rings is 1. The van der Waals surface area contributed by atoms with Gasteiger partial charge in [-0.25, -0.2) is 0 Å². The highest BCUT2D eigenvalue weighted by atomic mass is 16.1. The molecule has 2 nitrogen and oxygen atoms in total. The molecule has 0 N–H and O–H groups in total. The average Bonchev–Trinajstić information content (AvgIpc) is 2.38. The lowest BCUT2D eigenvalue weighted by atomic mass is 9.75. The predicted octanol–water partition coefficient (Wildman–Crippen LogP) is 4.15. The zero-order chi connectivity index (χ0) is 14.0. The van der Waals surface area contributed by atoms with E-state index >= 15 is 0 Å². The van der Waals surface area contributed by atoms with Gasteiger partial charge in [0.15, 0.2) is 5.78 Å². The van der Waals surface area contributed by atoms with Crippen LogP contribution in [0.15, 0.2) is 24.3 Å². The van der Waals surface area contributed by atoms with E-state index in [2.05, 4.69) is 31.7 Å². The van der Waals surface area contributed by atoms with Gasteiger partial charge in [-0.05, 0) is 43.2 Å². The first-order chi connectivity index (χ1) is 8.89. The minimum Gasteiger partial charge on any atom is -0.371 e. The zero-order valence-electron chi connectivity index (χ0n) is 12.6. The summed E-state index contributed by atoms with van der Waals surface area (Å²) in [5.41, 5.74) is 2.37. The number of Topliss-reactive ketones (excluding diaryl/α,β-unsaturated/α-hetero) is 1. The van der Waals surface area contributed by atoms with Gasteiger partial charge < -0.3 is 4.90 Å². The van der Waals surface area contributed by atoms with Crippen LogP contribution < -0.4 is 4.90 Å². The molecule has 1 heterocycles. The molecule has 0 unspecified atom stereocenters. The van der Waals surface area contributed by atoms with E-state index in [0.29, 0.717) is 5.41 Å². The lowest BCUT2D eigenvalue weighted by Crippen LogP contribution is -2.38. The van der Waals surface area contributed by atoms with Crippen LogP contribution in [0, 0.1) is 11.3 Å². The van der Waals surface area contributed by atoms with Crippen molar-refractivity contribution in [2.45, 2.75) is 40.5 Å². The van der Waals surface area contributed by atoms with Crippen LogP contribution in [-0.2, 0) is 0 Å². The molecule has 0 aromatic heterocycles. The number of benzene rings is 1. The monoisotopic (exact) mass is 259 g/mol. The molecule has 0 saturated carbocycles. The van der Waals surface area contributed by atoms with Gasteiger partial charge in [-0.3, -0.25) is 4.79 Å². The number of anilines is 1. The summed E-state index contributed by atoms with van der Waals surface area (Å²) in [6.45, 7) is 10.8. The summed E-state index contributed by atoms with van der Waals surface area (Å²) in [5.74, 6) is 0.946. The summed E-state index contributed by atoms with van der Waals surface area (Å²) in [6, 6.07) is 7.99. The van der Waals surface area contributed by atoms with Crippen LogP contribution in [0.5, 0.6) is 0 Å². The Kier molecular flexibility index (Phi) is 3.98. The van der Waals surface area contributed by atoms with E-state index in [0.717, 1.165) is 30.3 Å². The molecule has 1 aromatic carbocycles. The molecule has 1 saturated heterocycles. The van der Waals surface area contributed by atoms with Crippen LogP contribution in [0.2, 0.25) is 0 Å². The third-order valence-electron chi connectivity index (χ3n) is 4.34. The number of carbonyl (C=O) groups excluding carboxylic acids is 1. The Bertz CT molecular complexity index is 451. The molecule has 0 radical (unpaired) electrons. The Morgan fingerprint density at radius 3 is 2.26 bits per heavy atom. The molecule has 2 rings (SSSR count). The largest absolute Gasteiger partial charge is 0.371 e. The first-order valence-corrected chi connectivity index (χ1v) is 7.24. The van der Waals surface area contributed by atoms with Crippen molar-refractivity contribution in [1.29, 1.82) is 0 Å². The Morgan fingerprint density at radius 1 is 1.16 bits per heavy atom. The summed E-state index contributed by atoms with van der Waals surface area (Å²) in [6.07, 6.45) is 2.44. The summed E-state index contributed by atoms with van der Waals surface area (Å²) in [7, 11) is 0. The molecular weight excluding hydrogens is 234 g/mol. The van der Waals surface area contributed by atoms with Crippen LogP contribution in [0.25, 0.3) is 0 Å². The molecule has 104 valence electrons. The lowest BCUT2D eigenvalue weighted by molar-refractivity contribution is 0.101. The maximum atomic E-state index is 11.7. The van der Waals surface area contributed by atoms with Gasteiger partial charge in [0.1, 0.15) is 0 Å². The van der Waals surface area contributed by atoms with E-state index in [1.54, 1.807) is 6.92 Å². The SMILES string of the molecule is CC(=O)c1ccccc1N1CCC(C(C)(C)C)CC1. The van der Waals surface area contributed by atoms with E-state index in [1.807, 2.05) is 18.2 Å². The maximum Gasteiger partial charge on any atom is 0.161 e. The van der Waals surface area contributed by atoms with Gasteiger partial charge in [0.05, 0.1) is 0 Å². The molecule has 0 amide bonds. The predicted molar refractivity (Wildman–Crippen MR) is 80.8 cm³/mol. The van der Waals surface area contributed by atoms with E-state index in [1.165, 1.54) is 12.8 Å². The minimum absolute atomic E-state index is 0.161. The van der Waals surface area contributed by atoms with Crippen LogP contribution in [-0.4, -0.2) is 18.9 Å². The highest BCUT2D eigenvalue weighted by Crippen LogP contribution is 2.36. The molecule has 19 heavy (non-hydrogen) atoms. The van der Waals surface area contributed by atoms with Gasteiger partial charge in [-0.2, -0.15) is 0 Å². The molecule has 1 aromatic rings. The van der Waals surface area contributed by atoms with Gasteiger partial charge in [0.2, 0.25) is 0 Å². The topological polar surface area (TPSA) is 20.3 Å². The van der Waals surface area contributed by atoms with Crippen molar-refractivity contribution in [1.82, 2.24) is 0 Å². The van der Waals surface area contributed by atoms with Gasteiger partial charge in [-0.15, -0.1) is 0 Å². The molecule has 0 bridgehead atoms. The van der Waals surface area contributed by atoms with Gasteiger partial charge in [0, 0.05) is 24.3 Å². The van der Waals surface area contributed by atoms with Crippen LogP contribution >= 0.6 is 0 Å². The highest BCUT2D eigenvalue weighted by molar-refractivity contribution is 5.99. The smallest absolute Gasteiger partial charge is 0.161 e. The van der Waals surface area contributed by atoms with Crippen molar-refractivity contribution in [3.8, 4) is 0 Å². The number of carbonyl (C=O) groups is 1. The third-order valence-corrected chi connectivity index (χ3v) is 4.34. The Hall–Kier alpha value is -1.31. The minimum atomic E-state index is 0.161. The lowest BCUT2D eigenvalue weighted by Gasteiger charge is -2.40. The van der Waals surface area contributed by atoms with Crippen LogP contribution in [0.1, 0.15) is 50.9 Å². The third kappa shape index (κ3) is 3.17. The second kappa shape index (κ2) is 5.36. The van der Waals surface area contributed by atoms with E-state index in [-0.39, 0.29) is 5.78 Å². The first kappa shape index (κ1) is 14.1. The van der Waals surface area contributed by atoms with Crippen LogP contribution in [0.4, 0.5) is 5.69 Å². The molecule has 0 atom stereocenters. The molecular formula is C17H25NO. The highest BCUT2D eigenvalue weighted by Gasteiger charge is 2.29. The number of nitrogens with zero attached hydrogens (tertiary/aromatic N) is 1. The Morgan fingerprint density at radius 2 is 1.74 bits per heavy atom. The molecule has 0 spiro atoms. The number of hydrogen-bond donors (Lipinski definition) is 0. The fourth-order valence-corrected chi connectivity index (χ4v) is 3.03. The number of hydrogen-bond acceptors (Lipinski definition) is 2. The second-order valence-corrected chi connectivity index (χ2v) is 6.70. The van der Waals surface area contributed by atoms with Crippen molar-refractivity contribution in [3.05, 3.63) is 29.8 Å². The first-order valence-electron chi connectivity index (χ1n) is 7.24. The molecule has 1 aliphatic heterocycles. The maximum absolute atomic E-state index is 11.7. The van der Waals surface area contributed by atoms with E-state index < -0.39 is 0 Å². The average molecular weight is 259 g/mol. The van der Waals surface area contributed by atoms with Crippen LogP contribution in [0.3, 0.4) is 0 Å². The van der Waals surface area contributed by atoms with Gasteiger partial charge >= 0.3 is 0 Å². The fraction of sp³-hybridized carbons (Fsp3) is 0.588. The standard InChI is InChI=1S/C17H25NO/c1-13(19)15-7-5-6-8-16(15)18-11-9-14(10-12-18)17(2,3)4/h5-8,14H,9-12H2,1-4H3. The summed E-state index contributed by atoms with van der Waals surface area (Å²) >= 11 is 0. The van der Waals surface area contributed by atoms with Crippen molar-refractivity contribution in [2.75, 3.05) is 18.0 Å². The van der Waals surface area contributed by atoms with E-state index in [4.69, 9.17) is 0 Å². The van der Waals surface area contributed by atoms with Crippen molar-refractivity contribution < 1.29 is 4.79 Å². The summed E-state index contributed by atoms with van der Waals surface area (Å²) in [4.78, 5) is 14.1. The molecule has 2 heteroatoms. The Balaban J connectivity index is 2.12. The van der Waals surface area contributed by atoms with Crippen molar-refractivity contribution in [3.63, 3.8) is 0 Å². The van der Waals surface area contributed by atoms with Gasteiger partial charge in [-0.1, -0.05) is 32.9 Å². The molecule has 1 aliphatic rings. The van der Waals surface area contributed by atoms with Crippen molar-refractivity contribution >= 4 is 11.5 Å². The quantitative estimate of drug-likeness (QED) is 0.744. The van der Waals surface area contributed by atoms with Crippen molar-refractivity contribution in [2.24, 2.45) is 11.3 Å². The summed E-state index contributed by atoms with van der Waals surface area (Å²) in [5, 5.41) is 0. The molecule has 0 aliphatic carbocycles. The molecule has 1 fully saturated rings. The Labute approximate surface area is 116 Å². The fourth-order valence-electron chi connectivity index (χ4n) is 3.03. The van der Waals surface area contributed by atoms with E-state index in [9.17, 15) is 4.79 Å².